The Morgan fingerprint density at radius 3 is 2.70 bits per heavy atom. The number of ether oxygens (including phenoxy) is 1. The average Bonchev–Trinajstić information content (AvgIpc) is 2.68. The molecule has 3 atom stereocenters. The van der Waals surface area contributed by atoms with Crippen molar-refractivity contribution in [3.8, 4) is 0 Å². The lowest BCUT2D eigenvalue weighted by Gasteiger charge is -2.25. The van der Waals surface area contributed by atoms with E-state index < -0.39 is 18.3 Å². The molecule has 3 N–H and O–H groups in total. The Bertz CT molecular complexity index is 803. The number of hydrogen-bond acceptors (Lipinski definition) is 5. The largest absolute Gasteiger partial charge is 0.456 e. The van der Waals surface area contributed by atoms with Gasteiger partial charge < -0.3 is 20.1 Å². The highest BCUT2D eigenvalue weighted by atomic mass is 16.5. The van der Waals surface area contributed by atoms with Crippen molar-refractivity contribution >= 4 is 5.78 Å². The second-order valence-corrected chi connectivity index (χ2v) is 6.09. The van der Waals surface area contributed by atoms with E-state index in [0.717, 1.165) is 5.57 Å². The lowest BCUT2D eigenvalue weighted by atomic mass is 9.89. The van der Waals surface area contributed by atoms with Gasteiger partial charge >= 0.3 is 0 Å². The Labute approximate surface area is 132 Å². The Hall–Kier alpha value is -2.21. The van der Waals surface area contributed by atoms with E-state index in [1.165, 1.54) is 6.08 Å². The van der Waals surface area contributed by atoms with Crippen LogP contribution >= 0.6 is 0 Å². The number of carbonyl (C=O) groups excluding carboxylic acids is 1. The van der Waals surface area contributed by atoms with Gasteiger partial charge in [0.05, 0.1) is 6.10 Å². The van der Waals surface area contributed by atoms with E-state index in [0.29, 0.717) is 33.8 Å². The van der Waals surface area contributed by atoms with Crippen molar-refractivity contribution in [2.24, 2.45) is 0 Å². The second-order valence-electron chi connectivity index (χ2n) is 6.09. The maximum Gasteiger partial charge on any atom is 0.166 e. The molecule has 0 aromatic carbocycles. The smallest absolute Gasteiger partial charge is 0.166 e. The first-order valence-corrected chi connectivity index (χ1v) is 7.50. The number of Topliss-reactive ketones (excluding diaryl/α,β-unsaturated/α-hetero) is 1. The number of rotatable bonds is 0. The summed E-state index contributed by atoms with van der Waals surface area (Å²) in [7, 11) is 0. The molecule has 4 rings (SSSR count). The minimum absolute atomic E-state index is 0.0544. The quantitative estimate of drug-likeness (QED) is 0.620. The van der Waals surface area contributed by atoms with Crippen LogP contribution < -0.4 is 0 Å². The molecule has 2 aliphatic carbocycles. The van der Waals surface area contributed by atoms with Crippen molar-refractivity contribution in [1.82, 2.24) is 0 Å². The first kappa shape index (κ1) is 14.4. The van der Waals surface area contributed by atoms with Crippen LogP contribution in [0, 0.1) is 0 Å². The van der Waals surface area contributed by atoms with Crippen molar-refractivity contribution in [3.63, 3.8) is 0 Å². The molecule has 1 fully saturated rings. The highest BCUT2D eigenvalue weighted by Gasteiger charge is 2.38. The lowest BCUT2D eigenvalue weighted by Crippen LogP contribution is -2.30. The Morgan fingerprint density at radius 1 is 1.13 bits per heavy atom. The number of hydrogen-bond donors (Lipinski definition) is 3. The number of carbonyl (C=O) groups is 1. The van der Waals surface area contributed by atoms with Crippen molar-refractivity contribution in [1.29, 1.82) is 0 Å². The van der Waals surface area contributed by atoms with Gasteiger partial charge in [0.2, 0.25) is 0 Å². The number of aliphatic hydroxyl groups is 3. The SMILES string of the molecule is CC1=C2OC(=C3C(=C1)C(=O)C[C@H]3O)C=CC1=C2[C@@H](O)[C@H](O)C=C1. The zero-order valence-corrected chi connectivity index (χ0v) is 12.5. The summed E-state index contributed by atoms with van der Waals surface area (Å²) in [4.78, 5) is 12.1. The van der Waals surface area contributed by atoms with Crippen LogP contribution in [0.1, 0.15) is 13.3 Å². The van der Waals surface area contributed by atoms with Gasteiger partial charge in [-0.1, -0.05) is 18.2 Å². The van der Waals surface area contributed by atoms with Gasteiger partial charge in [-0.25, -0.2) is 0 Å². The summed E-state index contributed by atoms with van der Waals surface area (Å²) < 4.78 is 5.95. The van der Waals surface area contributed by atoms with Gasteiger partial charge in [0, 0.05) is 23.1 Å². The van der Waals surface area contributed by atoms with Crippen LogP contribution in [0.25, 0.3) is 0 Å². The minimum Gasteiger partial charge on any atom is -0.456 e. The van der Waals surface area contributed by atoms with Crippen LogP contribution in [-0.2, 0) is 9.53 Å². The molecular weight excluding hydrogens is 296 g/mol. The summed E-state index contributed by atoms with van der Waals surface area (Å²) in [6.45, 7) is 1.79. The number of fused-ring (bicyclic) bond motifs is 4. The summed E-state index contributed by atoms with van der Waals surface area (Å²) in [6, 6.07) is 0. The number of aliphatic hydroxyl groups excluding tert-OH is 3. The molecule has 0 radical (unpaired) electrons. The fourth-order valence-corrected chi connectivity index (χ4v) is 3.41. The first-order valence-electron chi connectivity index (χ1n) is 7.50. The summed E-state index contributed by atoms with van der Waals surface area (Å²) in [6.07, 6.45) is 5.46. The third kappa shape index (κ3) is 2.01. The molecule has 4 aliphatic rings. The molecule has 0 unspecified atom stereocenters. The Balaban J connectivity index is 1.98. The van der Waals surface area contributed by atoms with Crippen LogP contribution in [0.3, 0.4) is 0 Å². The topological polar surface area (TPSA) is 87.0 Å². The van der Waals surface area contributed by atoms with Crippen LogP contribution in [0.5, 0.6) is 0 Å². The molecule has 23 heavy (non-hydrogen) atoms. The van der Waals surface area contributed by atoms with Crippen LogP contribution in [0.4, 0.5) is 0 Å². The number of ketones is 1. The monoisotopic (exact) mass is 312 g/mol. The molecule has 0 amide bonds. The van der Waals surface area contributed by atoms with Gasteiger partial charge in [0.1, 0.15) is 23.7 Å². The van der Waals surface area contributed by atoms with Gasteiger partial charge in [-0.2, -0.15) is 0 Å². The molecule has 0 spiro atoms. The van der Waals surface area contributed by atoms with Crippen molar-refractivity contribution in [3.05, 3.63) is 69.8 Å². The molecule has 2 bridgehead atoms. The van der Waals surface area contributed by atoms with E-state index in [1.807, 2.05) is 0 Å². The summed E-state index contributed by atoms with van der Waals surface area (Å²) in [5.74, 6) is 0.706. The number of allylic oxidation sites excluding steroid dienone is 6. The zero-order chi connectivity index (χ0) is 16.3. The zero-order valence-electron chi connectivity index (χ0n) is 12.5. The van der Waals surface area contributed by atoms with Crippen molar-refractivity contribution < 1.29 is 24.9 Å². The predicted octanol–water partition coefficient (Wildman–Crippen LogP) is 0.963. The fourth-order valence-electron chi connectivity index (χ4n) is 3.41. The Kier molecular flexibility index (Phi) is 3.06. The summed E-state index contributed by atoms with van der Waals surface area (Å²) >= 11 is 0. The highest BCUT2D eigenvalue weighted by molar-refractivity contribution is 6.04. The molecule has 0 aromatic heterocycles. The van der Waals surface area contributed by atoms with Crippen molar-refractivity contribution in [2.75, 3.05) is 0 Å². The second kappa shape index (κ2) is 4.89. The molecule has 118 valence electrons. The molecular formula is C18H16O5. The van der Waals surface area contributed by atoms with E-state index in [1.54, 1.807) is 31.2 Å². The maximum absolute atomic E-state index is 12.1. The van der Waals surface area contributed by atoms with E-state index in [2.05, 4.69) is 0 Å². The lowest BCUT2D eigenvalue weighted by molar-refractivity contribution is -0.115. The van der Waals surface area contributed by atoms with Crippen LogP contribution in [0.2, 0.25) is 0 Å². The van der Waals surface area contributed by atoms with E-state index in [-0.39, 0.29) is 12.2 Å². The van der Waals surface area contributed by atoms with Crippen LogP contribution in [0.15, 0.2) is 69.8 Å². The van der Waals surface area contributed by atoms with Crippen molar-refractivity contribution in [2.45, 2.75) is 31.7 Å². The summed E-state index contributed by atoms with van der Waals surface area (Å²) in [5.41, 5.74) is 2.84. The maximum atomic E-state index is 12.1. The van der Waals surface area contributed by atoms with E-state index >= 15 is 0 Å². The predicted molar refractivity (Wildman–Crippen MR) is 81.8 cm³/mol. The first-order chi connectivity index (χ1) is 11.0. The third-order valence-electron chi connectivity index (χ3n) is 4.56. The summed E-state index contributed by atoms with van der Waals surface area (Å²) in [5, 5.41) is 30.5. The molecule has 0 aromatic rings. The van der Waals surface area contributed by atoms with Gasteiger partial charge in [0.15, 0.2) is 5.78 Å². The molecule has 1 saturated carbocycles. The third-order valence-corrected chi connectivity index (χ3v) is 4.56. The van der Waals surface area contributed by atoms with Gasteiger partial charge in [-0.3, -0.25) is 4.79 Å². The highest BCUT2D eigenvalue weighted by Crippen LogP contribution is 2.41. The van der Waals surface area contributed by atoms with Gasteiger partial charge in [-0.15, -0.1) is 0 Å². The minimum atomic E-state index is -1.11. The molecule has 2 heterocycles. The Morgan fingerprint density at radius 2 is 1.91 bits per heavy atom. The van der Waals surface area contributed by atoms with Crippen LogP contribution in [-0.4, -0.2) is 39.4 Å². The van der Waals surface area contributed by atoms with E-state index in [4.69, 9.17) is 4.74 Å². The van der Waals surface area contributed by atoms with E-state index in [9.17, 15) is 20.1 Å². The molecule has 2 aliphatic heterocycles. The van der Waals surface area contributed by atoms with Gasteiger partial charge in [0.25, 0.3) is 0 Å². The van der Waals surface area contributed by atoms with Gasteiger partial charge in [-0.05, 0) is 30.2 Å². The fraction of sp³-hybridized carbons (Fsp3) is 0.278. The molecule has 0 saturated heterocycles. The molecule has 5 heteroatoms. The normalized spacial score (nSPS) is 32.4. The standard InChI is InChI=1S/C18H16O5/c1-8-6-10-12(20)7-13(21)16(10)14-5-3-9-2-4-11(19)17(22)15(9)18(8)23-14/h2-6,11,13,17,19,21-22H,7H2,1H3/t11-,13-,17+/m1/s1. The average molecular weight is 312 g/mol. The molecule has 5 nitrogen and oxygen atoms in total.